The van der Waals surface area contributed by atoms with Crippen LogP contribution in [0.15, 0.2) is 59.3 Å². The summed E-state index contributed by atoms with van der Waals surface area (Å²) < 4.78 is 45.4. The molecule has 3 aromatic rings. The molecule has 1 N–H and O–H groups in total. The zero-order valence-electron chi connectivity index (χ0n) is 13.6. The lowest BCUT2D eigenvalue weighted by Gasteiger charge is -2.09. The van der Waals surface area contributed by atoms with E-state index in [0.29, 0.717) is 16.1 Å². The summed E-state index contributed by atoms with van der Waals surface area (Å²) in [5.41, 5.74) is 1.41. The molecule has 0 atom stereocenters. The van der Waals surface area contributed by atoms with Gasteiger partial charge in [-0.15, -0.1) is 13.2 Å². The Bertz CT molecular complexity index is 940. The first-order chi connectivity index (χ1) is 12.8. The highest BCUT2D eigenvalue weighted by Gasteiger charge is 2.30. The van der Waals surface area contributed by atoms with Crippen LogP contribution in [0, 0.1) is 0 Å². The lowest BCUT2D eigenvalue weighted by Crippen LogP contribution is -2.23. The molecular weight excluding hydrogens is 385 g/mol. The standard InChI is InChI=1S/C18H12ClF3N2O3/c19-13-3-1-2-12(8-13)16-15(10-24-27-16)17(25)23-9-11-4-6-14(7-5-11)26-18(20,21)22/h1-8,10H,9H2,(H,23,25). The predicted molar refractivity (Wildman–Crippen MR) is 91.2 cm³/mol. The number of aromatic nitrogens is 1. The second kappa shape index (κ2) is 7.71. The summed E-state index contributed by atoms with van der Waals surface area (Å²) in [5, 5.41) is 6.79. The summed E-state index contributed by atoms with van der Waals surface area (Å²) in [6.45, 7) is 0.102. The second-order valence-electron chi connectivity index (χ2n) is 5.45. The molecule has 27 heavy (non-hydrogen) atoms. The van der Waals surface area contributed by atoms with Crippen molar-refractivity contribution in [2.75, 3.05) is 0 Å². The summed E-state index contributed by atoms with van der Waals surface area (Å²) >= 11 is 5.94. The molecule has 9 heteroatoms. The molecule has 0 spiro atoms. The van der Waals surface area contributed by atoms with Crippen LogP contribution in [0.5, 0.6) is 5.75 Å². The van der Waals surface area contributed by atoms with Gasteiger partial charge in [-0.3, -0.25) is 4.79 Å². The average Bonchev–Trinajstić information content (AvgIpc) is 3.09. The first-order valence-electron chi connectivity index (χ1n) is 7.65. The Hall–Kier alpha value is -3.00. The largest absolute Gasteiger partial charge is 0.573 e. The third kappa shape index (κ3) is 5.01. The highest BCUT2D eigenvalue weighted by molar-refractivity contribution is 6.30. The smallest absolute Gasteiger partial charge is 0.406 e. The van der Waals surface area contributed by atoms with E-state index < -0.39 is 12.3 Å². The maximum atomic E-state index is 12.4. The van der Waals surface area contributed by atoms with Crippen LogP contribution in [-0.4, -0.2) is 17.4 Å². The van der Waals surface area contributed by atoms with Crippen molar-refractivity contribution >= 4 is 17.5 Å². The Balaban J connectivity index is 1.66. The number of nitrogens with zero attached hydrogens (tertiary/aromatic N) is 1. The van der Waals surface area contributed by atoms with Crippen molar-refractivity contribution in [1.29, 1.82) is 0 Å². The van der Waals surface area contributed by atoms with Gasteiger partial charge >= 0.3 is 6.36 Å². The number of rotatable bonds is 5. The Labute approximate surface area is 156 Å². The number of carbonyl (C=O) groups is 1. The van der Waals surface area contributed by atoms with E-state index in [0.717, 1.165) is 0 Å². The molecular formula is C18H12ClF3N2O3. The van der Waals surface area contributed by atoms with Crippen LogP contribution in [0.1, 0.15) is 15.9 Å². The second-order valence-corrected chi connectivity index (χ2v) is 5.89. The fourth-order valence-electron chi connectivity index (χ4n) is 2.33. The molecule has 0 fully saturated rings. The van der Waals surface area contributed by atoms with Gasteiger partial charge in [-0.05, 0) is 29.8 Å². The Morgan fingerprint density at radius 2 is 1.93 bits per heavy atom. The van der Waals surface area contributed by atoms with Gasteiger partial charge in [0.1, 0.15) is 11.3 Å². The normalized spacial score (nSPS) is 11.3. The molecule has 1 heterocycles. The van der Waals surface area contributed by atoms with Gasteiger partial charge in [-0.2, -0.15) is 0 Å². The average molecular weight is 397 g/mol. The zero-order chi connectivity index (χ0) is 19.4. The number of amides is 1. The highest BCUT2D eigenvalue weighted by atomic mass is 35.5. The monoisotopic (exact) mass is 396 g/mol. The topological polar surface area (TPSA) is 64.4 Å². The van der Waals surface area contributed by atoms with Gasteiger partial charge in [0.15, 0.2) is 5.76 Å². The molecule has 5 nitrogen and oxygen atoms in total. The van der Waals surface area contributed by atoms with Gasteiger partial charge in [0.25, 0.3) is 5.91 Å². The zero-order valence-corrected chi connectivity index (χ0v) is 14.3. The third-order valence-corrected chi connectivity index (χ3v) is 3.75. The van der Waals surface area contributed by atoms with Crippen molar-refractivity contribution in [3.8, 4) is 17.1 Å². The van der Waals surface area contributed by atoms with Crippen LogP contribution in [-0.2, 0) is 6.54 Å². The molecule has 0 aliphatic carbocycles. The third-order valence-electron chi connectivity index (χ3n) is 3.51. The van der Waals surface area contributed by atoms with Crippen LogP contribution < -0.4 is 10.1 Å². The number of benzene rings is 2. The molecule has 3 rings (SSSR count). The number of halogens is 4. The van der Waals surface area contributed by atoms with Crippen LogP contribution in [0.3, 0.4) is 0 Å². The van der Waals surface area contributed by atoms with Crippen molar-refractivity contribution in [2.24, 2.45) is 0 Å². The lowest BCUT2D eigenvalue weighted by atomic mass is 10.1. The van der Waals surface area contributed by atoms with Crippen molar-refractivity contribution in [1.82, 2.24) is 10.5 Å². The summed E-state index contributed by atoms with van der Waals surface area (Å²) in [6.07, 6.45) is -3.47. The van der Waals surface area contributed by atoms with Gasteiger partial charge < -0.3 is 14.6 Å². The van der Waals surface area contributed by atoms with Gasteiger partial charge in [-0.1, -0.05) is 41.0 Å². The molecule has 0 bridgehead atoms. The van der Waals surface area contributed by atoms with Crippen LogP contribution in [0.25, 0.3) is 11.3 Å². The summed E-state index contributed by atoms with van der Waals surface area (Å²) in [6, 6.07) is 12.0. The van der Waals surface area contributed by atoms with E-state index in [9.17, 15) is 18.0 Å². The first-order valence-corrected chi connectivity index (χ1v) is 8.03. The molecule has 0 aliphatic rings. The molecule has 2 aromatic carbocycles. The molecule has 140 valence electrons. The number of ether oxygens (including phenoxy) is 1. The van der Waals surface area contributed by atoms with E-state index in [1.165, 1.54) is 30.5 Å². The fourth-order valence-corrected chi connectivity index (χ4v) is 2.52. The van der Waals surface area contributed by atoms with E-state index in [1.54, 1.807) is 24.3 Å². The number of carbonyl (C=O) groups excluding carboxylic acids is 1. The van der Waals surface area contributed by atoms with E-state index >= 15 is 0 Å². The van der Waals surface area contributed by atoms with Crippen LogP contribution in [0.2, 0.25) is 5.02 Å². The van der Waals surface area contributed by atoms with Crippen LogP contribution in [0.4, 0.5) is 13.2 Å². The van der Waals surface area contributed by atoms with Crippen molar-refractivity contribution in [3.05, 3.63) is 70.9 Å². The minimum atomic E-state index is -4.75. The fraction of sp³-hybridized carbons (Fsp3) is 0.111. The van der Waals surface area contributed by atoms with E-state index in [1.807, 2.05) is 0 Å². The maximum absolute atomic E-state index is 12.4. The molecule has 0 saturated heterocycles. The maximum Gasteiger partial charge on any atom is 0.573 e. The van der Waals surface area contributed by atoms with Gasteiger partial charge in [-0.25, -0.2) is 0 Å². The molecule has 1 amide bonds. The van der Waals surface area contributed by atoms with Gasteiger partial charge in [0.05, 0.1) is 6.20 Å². The SMILES string of the molecule is O=C(NCc1ccc(OC(F)(F)F)cc1)c1cnoc1-c1cccc(Cl)c1. The summed E-state index contributed by atoms with van der Waals surface area (Å²) in [5.74, 6) is -0.509. The summed E-state index contributed by atoms with van der Waals surface area (Å²) in [4.78, 5) is 12.4. The molecule has 0 unspecified atom stereocenters. The predicted octanol–water partition coefficient (Wildman–Crippen LogP) is 4.82. The van der Waals surface area contributed by atoms with Gasteiger partial charge in [0, 0.05) is 17.1 Å². The number of hydrogen-bond acceptors (Lipinski definition) is 4. The first kappa shape index (κ1) is 18.8. The van der Waals surface area contributed by atoms with E-state index in [-0.39, 0.29) is 23.6 Å². The Kier molecular flexibility index (Phi) is 5.36. The minimum Gasteiger partial charge on any atom is -0.406 e. The molecule has 0 saturated carbocycles. The number of hydrogen-bond donors (Lipinski definition) is 1. The number of nitrogens with one attached hydrogen (secondary N) is 1. The molecule has 0 aliphatic heterocycles. The molecule has 1 aromatic heterocycles. The quantitative estimate of drug-likeness (QED) is 0.671. The highest BCUT2D eigenvalue weighted by Crippen LogP contribution is 2.26. The lowest BCUT2D eigenvalue weighted by molar-refractivity contribution is -0.274. The van der Waals surface area contributed by atoms with Crippen molar-refractivity contribution in [2.45, 2.75) is 12.9 Å². The van der Waals surface area contributed by atoms with E-state index in [2.05, 4.69) is 15.2 Å². The van der Waals surface area contributed by atoms with Crippen molar-refractivity contribution < 1.29 is 27.2 Å². The minimum absolute atomic E-state index is 0.102. The Morgan fingerprint density at radius 3 is 2.59 bits per heavy atom. The van der Waals surface area contributed by atoms with Crippen molar-refractivity contribution in [3.63, 3.8) is 0 Å². The summed E-state index contributed by atoms with van der Waals surface area (Å²) in [7, 11) is 0. The van der Waals surface area contributed by atoms with Gasteiger partial charge in [0.2, 0.25) is 0 Å². The molecule has 0 radical (unpaired) electrons. The van der Waals surface area contributed by atoms with Crippen LogP contribution >= 0.6 is 11.6 Å². The Morgan fingerprint density at radius 1 is 1.19 bits per heavy atom. The number of alkyl halides is 3. The van der Waals surface area contributed by atoms with E-state index in [4.69, 9.17) is 16.1 Å².